The van der Waals surface area contributed by atoms with E-state index in [0.29, 0.717) is 49.0 Å². The first-order valence-corrected chi connectivity index (χ1v) is 16.4. The fourth-order valence-electron chi connectivity index (χ4n) is 7.70. The first kappa shape index (κ1) is 30.2. The molecular formula is C30H38FN9O4S. The molecule has 3 N–H and O–H groups in total. The van der Waals surface area contributed by atoms with Crippen molar-refractivity contribution in [1.29, 1.82) is 5.26 Å². The molecule has 3 fully saturated rings. The van der Waals surface area contributed by atoms with E-state index in [1.165, 1.54) is 11.3 Å². The number of nitriles is 1. The summed E-state index contributed by atoms with van der Waals surface area (Å²) in [6.07, 6.45) is 3.34. The molecule has 0 aromatic carbocycles. The lowest BCUT2D eigenvalue weighted by atomic mass is 9.72. The molecule has 7 rings (SSSR count). The zero-order chi connectivity index (χ0) is 31.6. The number of nitrogens with two attached hydrogens (primary N) is 1. The van der Waals surface area contributed by atoms with Crippen molar-refractivity contribution in [2.24, 2.45) is 0 Å². The maximum absolute atomic E-state index is 14.6. The lowest BCUT2D eigenvalue weighted by molar-refractivity contribution is -0.0123. The van der Waals surface area contributed by atoms with Crippen LogP contribution in [0.25, 0.3) is 11.6 Å². The van der Waals surface area contributed by atoms with Gasteiger partial charge in [-0.1, -0.05) is 5.16 Å². The number of nitrogen functional groups attached to an aromatic ring is 1. The number of nitrogens with zero attached hydrogens (tertiary/aromatic N) is 8. The van der Waals surface area contributed by atoms with E-state index in [1.807, 2.05) is 18.7 Å². The van der Waals surface area contributed by atoms with E-state index in [4.69, 9.17) is 29.7 Å². The van der Waals surface area contributed by atoms with Gasteiger partial charge in [0.25, 0.3) is 0 Å². The lowest BCUT2D eigenvalue weighted by Crippen LogP contribution is -2.50. The minimum absolute atomic E-state index is 0.0609. The topological polar surface area (TPSA) is 173 Å². The standard InChI is InChI=1S/C30H38FN9O4S/c1-17(30-8-5-9-40(30)14-18(31)12-30)43-27-36-23(35-26(37-27)39-10-11-42-16-28(2,41)15-39)24-34-25(44-38-24)29(3)7-4-6-20-21(29)19(13-32)22(33)45-20/h17-18,41H,4-12,14-16,33H2,1-3H3/t17?,18?,28-,29?,30?/m0/s1. The molecule has 13 nitrogen and oxygen atoms in total. The van der Waals surface area contributed by atoms with Gasteiger partial charge in [-0.3, -0.25) is 4.90 Å². The Kier molecular flexibility index (Phi) is 7.46. The molecule has 45 heavy (non-hydrogen) atoms. The zero-order valence-electron chi connectivity index (χ0n) is 25.8. The Hall–Kier alpha value is -3.45. The van der Waals surface area contributed by atoms with E-state index >= 15 is 0 Å². The molecule has 5 atom stereocenters. The van der Waals surface area contributed by atoms with Crippen molar-refractivity contribution in [3.8, 4) is 23.7 Å². The number of alkyl halides is 1. The largest absolute Gasteiger partial charge is 0.458 e. The van der Waals surface area contributed by atoms with E-state index in [9.17, 15) is 14.8 Å². The number of aromatic nitrogens is 5. The highest BCUT2D eigenvalue weighted by Crippen LogP contribution is 2.49. The molecule has 6 heterocycles. The summed E-state index contributed by atoms with van der Waals surface area (Å²) < 4.78 is 32.5. The van der Waals surface area contributed by atoms with Gasteiger partial charge in [0.2, 0.25) is 23.5 Å². The summed E-state index contributed by atoms with van der Waals surface area (Å²) in [5.74, 6) is 0.905. The Morgan fingerprint density at radius 2 is 2.02 bits per heavy atom. The maximum Gasteiger partial charge on any atom is 0.322 e. The minimum atomic E-state index is -1.13. The number of aliphatic hydroxyl groups is 1. The van der Waals surface area contributed by atoms with Crippen molar-refractivity contribution >= 4 is 22.3 Å². The predicted molar refractivity (Wildman–Crippen MR) is 163 cm³/mol. The summed E-state index contributed by atoms with van der Waals surface area (Å²) >= 11 is 1.44. The van der Waals surface area contributed by atoms with Crippen LogP contribution in [0.3, 0.4) is 0 Å². The summed E-state index contributed by atoms with van der Waals surface area (Å²) in [7, 11) is 0. The number of anilines is 2. The van der Waals surface area contributed by atoms with Crippen molar-refractivity contribution in [3.63, 3.8) is 0 Å². The molecule has 4 aliphatic rings. The summed E-state index contributed by atoms with van der Waals surface area (Å²) in [6.45, 7) is 8.08. The Bertz CT molecular complexity index is 1640. The molecular weight excluding hydrogens is 601 g/mol. The second kappa shape index (κ2) is 11.1. The van der Waals surface area contributed by atoms with Crippen LogP contribution in [0.5, 0.6) is 6.01 Å². The Morgan fingerprint density at radius 3 is 2.84 bits per heavy atom. The molecule has 15 heteroatoms. The van der Waals surface area contributed by atoms with Gasteiger partial charge in [-0.2, -0.15) is 25.2 Å². The van der Waals surface area contributed by atoms with E-state index < -0.39 is 28.8 Å². The van der Waals surface area contributed by atoms with Gasteiger partial charge in [0.15, 0.2) is 0 Å². The highest BCUT2D eigenvalue weighted by atomic mass is 32.1. The average Bonchev–Trinajstić information content (AvgIpc) is 3.75. The number of fused-ring (bicyclic) bond motifs is 2. The van der Waals surface area contributed by atoms with Gasteiger partial charge in [0.1, 0.15) is 28.9 Å². The Morgan fingerprint density at radius 1 is 1.18 bits per heavy atom. The predicted octanol–water partition coefficient (Wildman–Crippen LogP) is 3.01. The molecule has 3 aromatic rings. The second-order valence-electron chi connectivity index (χ2n) is 13.3. The normalized spacial score (nSPS) is 30.8. The third-order valence-corrected chi connectivity index (χ3v) is 11.0. The van der Waals surface area contributed by atoms with Crippen molar-refractivity contribution in [1.82, 2.24) is 30.0 Å². The molecule has 0 radical (unpaired) electrons. The highest BCUT2D eigenvalue weighted by molar-refractivity contribution is 7.16. The minimum Gasteiger partial charge on any atom is -0.458 e. The van der Waals surface area contributed by atoms with Crippen LogP contribution in [-0.4, -0.2) is 97.9 Å². The summed E-state index contributed by atoms with van der Waals surface area (Å²) in [6, 6.07) is 2.33. The van der Waals surface area contributed by atoms with Gasteiger partial charge < -0.3 is 29.7 Å². The van der Waals surface area contributed by atoms with Crippen molar-refractivity contribution in [2.45, 2.75) is 88.1 Å². The molecule has 4 unspecified atom stereocenters. The zero-order valence-corrected chi connectivity index (χ0v) is 26.6. The number of rotatable bonds is 6. The molecule has 0 spiro atoms. The lowest BCUT2D eigenvalue weighted by Gasteiger charge is -2.37. The third-order valence-electron chi connectivity index (χ3n) is 9.89. The SMILES string of the molecule is CC(Oc1nc(-c2noc(C3(C)CCCc4sc(N)c(C#N)c43)n2)nc(N2CCOC[C@@](C)(O)C2)n1)C12CCCN1CC(F)C2. The first-order valence-electron chi connectivity index (χ1n) is 15.5. The Balaban J connectivity index is 1.27. The van der Waals surface area contributed by atoms with Gasteiger partial charge in [0, 0.05) is 30.0 Å². The van der Waals surface area contributed by atoms with Crippen LogP contribution in [-0.2, 0) is 16.6 Å². The molecule has 240 valence electrons. The molecule has 0 saturated carbocycles. The second-order valence-corrected chi connectivity index (χ2v) is 14.4. The van der Waals surface area contributed by atoms with Crippen LogP contribution in [0, 0.1) is 11.3 Å². The van der Waals surface area contributed by atoms with Gasteiger partial charge in [-0.25, -0.2) is 4.39 Å². The number of thiophene rings is 1. The van der Waals surface area contributed by atoms with Crippen molar-refractivity contribution in [2.75, 3.05) is 50.0 Å². The highest BCUT2D eigenvalue weighted by Gasteiger charge is 2.53. The van der Waals surface area contributed by atoms with Crippen molar-refractivity contribution < 1.29 is 23.5 Å². The number of hydrogen-bond donors (Lipinski definition) is 2. The molecule has 3 aliphatic heterocycles. The average molecular weight is 640 g/mol. The van der Waals surface area contributed by atoms with Crippen molar-refractivity contribution in [3.05, 3.63) is 21.9 Å². The summed E-state index contributed by atoms with van der Waals surface area (Å²) in [5, 5.41) is 25.6. The first-order chi connectivity index (χ1) is 21.5. The maximum atomic E-state index is 14.6. The van der Waals surface area contributed by atoms with E-state index in [0.717, 1.165) is 42.7 Å². The van der Waals surface area contributed by atoms with E-state index in [2.05, 4.69) is 26.1 Å². The number of β-amino-alcohol motifs (C(OH)–C–C–N with tert-alkyl or cyclic N) is 1. The van der Waals surface area contributed by atoms with Gasteiger partial charge >= 0.3 is 6.01 Å². The summed E-state index contributed by atoms with van der Waals surface area (Å²) in [4.78, 5) is 23.8. The fraction of sp³-hybridized carbons (Fsp3) is 0.667. The number of aryl methyl sites for hydroxylation is 1. The smallest absolute Gasteiger partial charge is 0.322 e. The van der Waals surface area contributed by atoms with Crippen LogP contribution >= 0.6 is 11.3 Å². The van der Waals surface area contributed by atoms with E-state index in [1.54, 1.807) is 6.92 Å². The number of ether oxygens (including phenoxy) is 2. The van der Waals surface area contributed by atoms with Gasteiger partial charge in [-0.15, -0.1) is 11.3 Å². The third kappa shape index (κ3) is 5.21. The monoisotopic (exact) mass is 639 g/mol. The number of halogens is 1. The number of hydrogen-bond acceptors (Lipinski definition) is 14. The van der Waals surface area contributed by atoms with Gasteiger partial charge in [0.05, 0.1) is 36.3 Å². The van der Waals surface area contributed by atoms with Crippen LogP contribution in [0.4, 0.5) is 15.3 Å². The molecule has 3 aromatic heterocycles. The van der Waals surface area contributed by atoms with Crippen LogP contribution < -0.4 is 15.4 Å². The molecule has 0 amide bonds. The van der Waals surface area contributed by atoms with Crippen LogP contribution in [0.15, 0.2) is 4.52 Å². The molecule has 0 bridgehead atoms. The van der Waals surface area contributed by atoms with E-state index in [-0.39, 0.29) is 36.8 Å². The molecule has 3 saturated heterocycles. The van der Waals surface area contributed by atoms with Crippen LogP contribution in [0.2, 0.25) is 0 Å². The van der Waals surface area contributed by atoms with Crippen LogP contribution in [0.1, 0.15) is 74.8 Å². The van der Waals surface area contributed by atoms with Gasteiger partial charge in [-0.05, 0) is 59.4 Å². The quantitative estimate of drug-likeness (QED) is 0.403. The Labute approximate surface area is 264 Å². The fourth-order valence-corrected chi connectivity index (χ4v) is 8.89. The summed E-state index contributed by atoms with van der Waals surface area (Å²) in [5.41, 5.74) is 5.25. The molecule has 1 aliphatic carbocycles.